The van der Waals surface area contributed by atoms with Crippen LogP contribution in [0.3, 0.4) is 0 Å². The van der Waals surface area contributed by atoms with Crippen molar-refractivity contribution < 1.29 is 21.9 Å². The molecular weight excluding hydrogens is 352 g/mol. The van der Waals surface area contributed by atoms with Gasteiger partial charge in [-0.05, 0) is 25.0 Å². The monoisotopic (exact) mass is 369 g/mol. The van der Waals surface area contributed by atoms with E-state index in [2.05, 4.69) is 15.3 Å². The highest BCUT2D eigenvalue weighted by Crippen LogP contribution is 2.44. The van der Waals surface area contributed by atoms with Crippen molar-refractivity contribution >= 4 is 26.6 Å². The summed E-state index contributed by atoms with van der Waals surface area (Å²) < 4.78 is 55.4. The van der Waals surface area contributed by atoms with Gasteiger partial charge in [-0.15, -0.1) is 0 Å². The number of hydrogen-bond donors (Lipinski definition) is 1. The van der Waals surface area contributed by atoms with Gasteiger partial charge in [0.15, 0.2) is 15.7 Å². The van der Waals surface area contributed by atoms with Crippen LogP contribution in [0.15, 0.2) is 24.3 Å². The van der Waals surface area contributed by atoms with Gasteiger partial charge in [0.25, 0.3) is 6.43 Å². The molecule has 1 atom stereocenters. The SMILES string of the molecule is O=S1(=O)CC(Nc2nc(C(F)F)nc3ccccc23)C12CCOCC2. The molecule has 1 spiro atoms. The standard InChI is InChI=1S/C16H17F2N3O3S/c17-13(18)15-19-11-4-2-1-3-10(11)14(21-15)20-12-9-25(22,23)16(12)5-7-24-8-6-16/h1-4,12-13H,5-9H2,(H,19,20,21). The summed E-state index contributed by atoms with van der Waals surface area (Å²) in [7, 11) is -3.23. The van der Waals surface area contributed by atoms with Crippen LogP contribution in [0.25, 0.3) is 10.9 Å². The molecule has 2 aliphatic rings. The molecular formula is C16H17F2N3O3S. The van der Waals surface area contributed by atoms with Gasteiger partial charge in [-0.3, -0.25) is 0 Å². The molecule has 1 aromatic heterocycles. The van der Waals surface area contributed by atoms with E-state index in [9.17, 15) is 17.2 Å². The molecule has 1 N–H and O–H groups in total. The second kappa shape index (κ2) is 5.84. The Bertz CT molecular complexity index is 914. The second-order valence-electron chi connectivity index (χ2n) is 6.40. The highest BCUT2D eigenvalue weighted by atomic mass is 32.2. The van der Waals surface area contributed by atoms with Crippen molar-refractivity contribution in [3.63, 3.8) is 0 Å². The topological polar surface area (TPSA) is 81.2 Å². The number of ether oxygens (including phenoxy) is 1. The first-order valence-corrected chi connectivity index (χ1v) is 9.70. The normalized spacial score (nSPS) is 24.4. The first-order chi connectivity index (χ1) is 11.9. The summed E-state index contributed by atoms with van der Waals surface area (Å²) in [5, 5.41) is 3.71. The lowest BCUT2D eigenvalue weighted by Gasteiger charge is -2.50. The number of nitrogens with one attached hydrogen (secondary N) is 1. The van der Waals surface area contributed by atoms with Gasteiger partial charge in [0.05, 0.1) is 22.1 Å². The fourth-order valence-corrected chi connectivity index (χ4v) is 5.91. The molecule has 25 heavy (non-hydrogen) atoms. The molecule has 0 amide bonds. The minimum Gasteiger partial charge on any atom is -0.381 e. The molecule has 1 unspecified atom stereocenters. The van der Waals surface area contributed by atoms with Crippen LogP contribution in [-0.4, -0.2) is 48.1 Å². The van der Waals surface area contributed by atoms with E-state index < -0.39 is 26.8 Å². The molecule has 0 saturated carbocycles. The Morgan fingerprint density at radius 2 is 1.92 bits per heavy atom. The van der Waals surface area contributed by atoms with E-state index in [-0.39, 0.29) is 17.6 Å². The predicted octanol–water partition coefficient (Wildman–Crippen LogP) is 2.33. The zero-order chi connectivity index (χ0) is 17.7. The van der Waals surface area contributed by atoms with Crippen LogP contribution < -0.4 is 5.32 Å². The van der Waals surface area contributed by atoms with Crippen molar-refractivity contribution in [2.75, 3.05) is 24.3 Å². The molecule has 0 bridgehead atoms. The lowest BCUT2D eigenvalue weighted by molar-refractivity contribution is 0.0659. The zero-order valence-corrected chi connectivity index (χ0v) is 14.1. The quantitative estimate of drug-likeness (QED) is 0.894. The number of halogens is 2. The smallest absolute Gasteiger partial charge is 0.297 e. The van der Waals surface area contributed by atoms with Crippen LogP contribution in [0.5, 0.6) is 0 Å². The van der Waals surface area contributed by atoms with E-state index >= 15 is 0 Å². The van der Waals surface area contributed by atoms with E-state index in [4.69, 9.17) is 4.74 Å². The van der Waals surface area contributed by atoms with Gasteiger partial charge in [0.1, 0.15) is 5.82 Å². The number of aromatic nitrogens is 2. The third kappa shape index (κ3) is 2.56. The molecule has 3 heterocycles. The van der Waals surface area contributed by atoms with Crippen molar-refractivity contribution in [1.82, 2.24) is 9.97 Å². The summed E-state index contributed by atoms with van der Waals surface area (Å²) >= 11 is 0. The molecule has 2 aliphatic heterocycles. The van der Waals surface area contributed by atoms with Gasteiger partial charge < -0.3 is 10.1 Å². The van der Waals surface area contributed by atoms with Crippen LogP contribution in [-0.2, 0) is 14.6 Å². The largest absolute Gasteiger partial charge is 0.381 e. The number of benzene rings is 1. The first-order valence-electron chi connectivity index (χ1n) is 8.04. The number of alkyl halides is 2. The number of fused-ring (bicyclic) bond motifs is 1. The number of hydrogen-bond acceptors (Lipinski definition) is 6. The molecule has 9 heteroatoms. The van der Waals surface area contributed by atoms with Crippen molar-refractivity contribution in [2.24, 2.45) is 0 Å². The maximum absolute atomic E-state index is 13.1. The van der Waals surface area contributed by atoms with Gasteiger partial charge in [0, 0.05) is 18.6 Å². The minimum absolute atomic E-state index is 0.0324. The Morgan fingerprint density at radius 3 is 2.60 bits per heavy atom. The molecule has 0 aliphatic carbocycles. The lowest BCUT2D eigenvalue weighted by atomic mass is 9.90. The van der Waals surface area contributed by atoms with Crippen molar-refractivity contribution in [3.8, 4) is 0 Å². The van der Waals surface area contributed by atoms with Crippen LogP contribution >= 0.6 is 0 Å². The Balaban J connectivity index is 1.73. The summed E-state index contributed by atoms with van der Waals surface area (Å²) in [6.07, 6.45) is -2.00. The van der Waals surface area contributed by atoms with Gasteiger partial charge >= 0.3 is 0 Å². The average Bonchev–Trinajstić information content (AvgIpc) is 2.61. The third-order valence-electron chi connectivity index (χ3n) is 5.11. The Morgan fingerprint density at radius 1 is 1.20 bits per heavy atom. The van der Waals surface area contributed by atoms with E-state index in [1.807, 2.05) is 0 Å². The van der Waals surface area contributed by atoms with E-state index in [0.717, 1.165) is 0 Å². The minimum atomic E-state index is -3.23. The second-order valence-corrected chi connectivity index (χ2v) is 8.78. The molecule has 134 valence electrons. The average molecular weight is 369 g/mol. The van der Waals surface area contributed by atoms with E-state index in [1.54, 1.807) is 24.3 Å². The van der Waals surface area contributed by atoms with Crippen LogP contribution in [0.2, 0.25) is 0 Å². The molecule has 2 saturated heterocycles. The number of rotatable bonds is 3. The fraction of sp³-hybridized carbons (Fsp3) is 0.500. The number of sulfone groups is 1. The molecule has 4 rings (SSSR count). The molecule has 1 aromatic carbocycles. The summed E-state index contributed by atoms with van der Waals surface area (Å²) in [6.45, 7) is 0.758. The molecule has 6 nitrogen and oxygen atoms in total. The molecule has 2 fully saturated rings. The van der Waals surface area contributed by atoms with Crippen LogP contribution in [0, 0.1) is 0 Å². The van der Waals surface area contributed by atoms with Crippen LogP contribution in [0.4, 0.5) is 14.6 Å². The Hall–Kier alpha value is -1.87. The number of anilines is 1. The molecule has 0 radical (unpaired) electrons. The van der Waals surface area contributed by atoms with E-state index in [0.29, 0.717) is 37.0 Å². The molecule has 2 aromatic rings. The summed E-state index contributed by atoms with van der Waals surface area (Å²) in [4.78, 5) is 7.83. The fourth-order valence-electron chi connectivity index (χ4n) is 3.67. The van der Waals surface area contributed by atoms with Crippen molar-refractivity contribution in [2.45, 2.75) is 30.1 Å². The number of para-hydroxylation sites is 1. The summed E-state index contributed by atoms with van der Waals surface area (Å²) in [6, 6.07) is 6.47. The summed E-state index contributed by atoms with van der Waals surface area (Å²) in [5.41, 5.74) is 0.401. The van der Waals surface area contributed by atoms with Gasteiger partial charge in [-0.25, -0.2) is 27.2 Å². The van der Waals surface area contributed by atoms with E-state index in [1.165, 1.54) is 0 Å². The van der Waals surface area contributed by atoms with Gasteiger partial charge in [-0.2, -0.15) is 0 Å². The lowest BCUT2D eigenvalue weighted by Crippen LogP contribution is -2.68. The van der Waals surface area contributed by atoms with Crippen molar-refractivity contribution in [3.05, 3.63) is 30.1 Å². The maximum atomic E-state index is 13.1. The maximum Gasteiger partial charge on any atom is 0.297 e. The van der Waals surface area contributed by atoms with Gasteiger partial charge in [0.2, 0.25) is 0 Å². The third-order valence-corrected chi connectivity index (χ3v) is 7.81. The highest BCUT2D eigenvalue weighted by molar-refractivity contribution is 7.94. The van der Waals surface area contributed by atoms with Gasteiger partial charge in [-0.1, -0.05) is 12.1 Å². The van der Waals surface area contributed by atoms with Crippen LogP contribution in [0.1, 0.15) is 25.1 Å². The zero-order valence-electron chi connectivity index (χ0n) is 13.3. The summed E-state index contributed by atoms with van der Waals surface area (Å²) in [5.74, 6) is -0.342. The Kier molecular flexibility index (Phi) is 3.88. The first kappa shape index (κ1) is 16.6. The van der Waals surface area contributed by atoms with Crippen molar-refractivity contribution in [1.29, 1.82) is 0 Å². The number of nitrogens with zero attached hydrogens (tertiary/aromatic N) is 2. The predicted molar refractivity (Wildman–Crippen MR) is 88.5 cm³/mol. The highest BCUT2D eigenvalue weighted by Gasteiger charge is 2.60. The Labute approximate surface area is 143 Å².